The van der Waals surface area contributed by atoms with E-state index in [0.29, 0.717) is 5.13 Å². The first kappa shape index (κ1) is 14.0. The van der Waals surface area contributed by atoms with Crippen LogP contribution in [0.4, 0.5) is 5.13 Å². The van der Waals surface area contributed by atoms with Crippen molar-refractivity contribution in [3.8, 4) is 0 Å². The second-order valence-corrected chi connectivity index (χ2v) is 5.88. The molecule has 2 heterocycles. The summed E-state index contributed by atoms with van der Waals surface area (Å²) < 4.78 is 0. The van der Waals surface area contributed by atoms with Gasteiger partial charge in [0.1, 0.15) is 0 Å². The first-order valence-electron chi connectivity index (χ1n) is 6.28. The van der Waals surface area contributed by atoms with Crippen LogP contribution in [0.3, 0.4) is 0 Å². The molecule has 104 valence electrons. The van der Waals surface area contributed by atoms with Gasteiger partial charge in [0.15, 0.2) is 5.13 Å². The first-order valence-corrected chi connectivity index (χ1v) is 7.10. The number of rotatable bonds is 4. The number of nitrogens with one attached hydrogen (secondary N) is 1. The molecule has 2 rings (SSSR count). The highest BCUT2D eigenvalue weighted by Gasteiger charge is 2.23. The van der Waals surface area contributed by atoms with E-state index in [1.807, 2.05) is 0 Å². The molecule has 7 heteroatoms. The standard InChI is InChI=1S/C12H18N4O2S/c1-8(17)15-12-14-6-10(19-12)7-16-4-2-9(3-5-16)11(13)18/h6,9H,2-5,7H2,1H3,(H2,13,18)(H,14,15,17). The highest BCUT2D eigenvalue weighted by Crippen LogP contribution is 2.23. The highest BCUT2D eigenvalue weighted by atomic mass is 32.1. The van der Waals surface area contributed by atoms with Crippen molar-refractivity contribution in [3.63, 3.8) is 0 Å². The Morgan fingerprint density at radius 3 is 2.79 bits per heavy atom. The molecule has 3 N–H and O–H groups in total. The molecule has 1 aliphatic rings. The van der Waals surface area contributed by atoms with Crippen LogP contribution in [0.25, 0.3) is 0 Å². The van der Waals surface area contributed by atoms with Gasteiger partial charge in [0.25, 0.3) is 0 Å². The Hall–Kier alpha value is -1.47. The molecule has 2 amide bonds. The maximum atomic E-state index is 11.1. The van der Waals surface area contributed by atoms with Gasteiger partial charge in [0.05, 0.1) is 0 Å². The van der Waals surface area contributed by atoms with Gasteiger partial charge >= 0.3 is 0 Å². The van der Waals surface area contributed by atoms with Crippen LogP contribution in [0, 0.1) is 5.92 Å². The third-order valence-electron chi connectivity index (χ3n) is 3.21. The molecule has 0 saturated carbocycles. The number of amides is 2. The van der Waals surface area contributed by atoms with Gasteiger partial charge < -0.3 is 11.1 Å². The maximum Gasteiger partial charge on any atom is 0.223 e. The Morgan fingerprint density at radius 1 is 1.53 bits per heavy atom. The van der Waals surface area contributed by atoms with Crippen LogP contribution in [0.15, 0.2) is 6.20 Å². The van der Waals surface area contributed by atoms with Crippen molar-refractivity contribution in [1.29, 1.82) is 0 Å². The minimum absolute atomic E-state index is 0.0210. The second kappa shape index (κ2) is 6.12. The first-order chi connectivity index (χ1) is 9.04. The molecule has 0 aliphatic carbocycles. The minimum atomic E-state index is -0.189. The summed E-state index contributed by atoms with van der Waals surface area (Å²) in [5.74, 6) is -0.277. The molecule has 1 fully saturated rings. The Labute approximate surface area is 116 Å². The van der Waals surface area contributed by atoms with E-state index in [1.165, 1.54) is 18.3 Å². The third-order valence-corrected chi connectivity index (χ3v) is 4.10. The smallest absolute Gasteiger partial charge is 0.223 e. The Morgan fingerprint density at radius 2 is 2.21 bits per heavy atom. The van der Waals surface area contributed by atoms with Crippen molar-refractivity contribution in [2.24, 2.45) is 11.7 Å². The van der Waals surface area contributed by atoms with Gasteiger partial charge in [0.2, 0.25) is 11.8 Å². The van der Waals surface area contributed by atoms with E-state index in [0.717, 1.165) is 37.4 Å². The number of anilines is 1. The summed E-state index contributed by atoms with van der Waals surface area (Å²) in [6.45, 7) is 4.03. The summed E-state index contributed by atoms with van der Waals surface area (Å²) in [4.78, 5) is 29.5. The van der Waals surface area contributed by atoms with Crippen LogP contribution in [0.5, 0.6) is 0 Å². The number of primary amides is 1. The van der Waals surface area contributed by atoms with E-state index in [4.69, 9.17) is 5.73 Å². The predicted octanol–water partition coefficient (Wildman–Crippen LogP) is 0.799. The Bertz CT molecular complexity index is 466. The van der Waals surface area contributed by atoms with Crippen LogP contribution >= 0.6 is 11.3 Å². The van der Waals surface area contributed by atoms with E-state index in [2.05, 4.69) is 15.2 Å². The van der Waals surface area contributed by atoms with Gasteiger partial charge in [-0.05, 0) is 25.9 Å². The fourth-order valence-corrected chi connectivity index (χ4v) is 3.09. The molecule has 6 nitrogen and oxygen atoms in total. The van der Waals surface area contributed by atoms with Crippen LogP contribution in [-0.4, -0.2) is 34.8 Å². The molecule has 0 atom stereocenters. The van der Waals surface area contributed by atoms with Crippen molar-refractivity contribution in [2.75, 3.05) is 18.4 Å². The van der Waals surface area contributed by atoms with Crippen molar-refractivity contribution < 1.29 is 9.59 Å². The molecule has 1 aromatic rings. The van der Waals surface area contributed by atoms with Gasteiger partial charge in [-0.2, -0.15) is 0 Å². The number of hydrogen-bond donors (Lipinski definition) is 2. The van der Waals surface area contributed by atoms with Crippen molar-refractivity contribution in [1.82, 2.24) is 9.88 Å². The number of carbonyl (C=O) groups excluding carboxylic acids is 2. The molecule has 19 heavy (non-hydrogen) atoms. The van der Waals surface area contributed by atoms with Gasteiger partial charge in [-0.3, -0.25) is 14.5 Å². The number of nitrogens with two attached hydrogens (primary N) is 1. The minimum Gasteiger partial charge on any atom is -0.369 e. The predicted molar refractivity (Wildman–Crippen MR) is 73.6 cm³/mol. The largest absolute Gasteiger partial charge is 0.369 e. The highest BCUT2D eigenvalue weighted by molar-refractivity contribution is 7.15. The van der Waals surface area contributed by atoms with E-state index < -0.39 is 0 Å². The molecule has 0 radical (unpaired) electrons. The van der Waals surface area contributed by atoms with Crippen molar-refractivity contribution in [2.45, 2.75) is 26.3 Å². The number of likely N-dealkylation sites (tertiary alicyclic amines) is 1. The number of piperidine rings is 1. The molecule has 1 saturated heterocycles. The van der Waals surface area contributed by atoms with E-state index in [9.17, 15) is 9.59 Å². The summed E-state index contributed by atoms with van der Waals surface area (Å²) in [5.41, 5.74) is 5.31. The Kier molecular flexibility index (Phi) is 4.49. The Balaban J connectivity index is 1.84. The lowest BCUT2D eigenvalue weighted by molar-refractivity contribution is -0.123. The molecule has 0 bridgehead atoms. The summed E-state index contributed by atoms with van der Waals surface area (Å²) in [6, 6.07) is 0. The number of thiazole rings is 1. The summed E-state index contributed by atoms with van der Waals surface area (Å²) in [5, 5.41) is 3.31. The van der Waals surface area contributed by atoms with Crippen LogP contribution in [0.2, 0.25) is 0 Å². The van der Waals surface area contributed by atoms with E-state index >= 15 is 0 Å². The molecular formula is C12H18N4O2S. The van der Waals surface area contributed by atoms with Gasteiger partial charge in [-0.15, -0.1) is 11.3 Å². The average Bonchev–Trinajstić information content (AvgIpc) is 2.76. The van der Waals surface area contributed by atoms with Crippen LogP contribution < -0.4 is 11.1 Å². The zero-order valence-electron chi connectivity index (χ0n) is 10.9. The number of nitrogens with zero attached hydrogens (tertiary/aromatic N) is 2. The van der Waals surface area contributed by atoms with E-state index in [1.54, 1.807) is 6.20 Å². The maximum absolute atomic E-state index is 11.1. The summed E-state index contributed by atoms with van der Waals surface area (Å²) in [6.07, 6.45) is 3.44. The van der Waals surface area contributed by atoms with Gasteiger partial charge in [-0.25, -0.2) is 4.98 Å². The van der Waals surface area contributed by atoms with Crippen molar-refractivity contribution >= 4 is 28.3 Å². The number of carbonyl (C=O) groups is 2. The fraction of sp³-hybridized carbons (Fsp3) is 0.583. The normalized spacial score (nSPS) is 17.3. The van der Waals surface area contributed by atoms with Crippen LogP contribution in [0.1, 0.15) is 24.6 Å². The van der Waals surface area contributed by atoms with Gasteiger partial charge in [-0.1, -0.05) is 0 Å². The second-order valence-electron chi connectivity index (χ2n) is 4.77. The lowest BCUT2D eigenvalue weighted by Crippen LogP contribution is -2.37. The molecule has 1 aromatic heterocycles. The van der Waals surface area contributed by atoms with E-state index in [-0.39, 0.29) is 17.7 Å². The molecule has 0 unspecified atom stereocenters. The topological polar surface area (TPSA) is 88.3 Å². The lowest BCUT2D eigenvalue weighted by atomic mass is 9.96. The average molecular weight is 282 g/mol. The fourth-order valence-electron chi connectivity index (χ4n) is 2.18. The molecule has 0 spiro atoms. The number of aromatic nitrogens is 1. The molecule has 0 aromatic carbocycles. The molecule has 1 aliphatic heterocycles. The van der Waals surface area contributed by atoms with Gasteiger partial charge in [0, 0.05) is 30.5 Å². The quantitative estimate of drug-likeness (QED) is 0.855. The monoisotopic (exact) mass is 282 g/mol. The summed E-state index contributed by atoms with van der Waals surface area (Å²) in [7, 11) is 0. The van der Waals surface area contributed by atoms with Crippen molar-refractivity contribution in [3.05, 3.63) is 11.1 Å². The number of hydrogen-bond acceptors (Lipinski definition) is 5. The lowest BCUT2D eigenvalue weighted by Gasteiger charge is -2.29. The SMILES string of the molecule is CC(=O)Nc1ncc(CN2CCC(C(N)=O)CC2)s1. The third kappa shape index (κ3) is 4.00. The van der Waals surface area contributed by atoms with Crippen LogP contribution in [-0.2, 0) is 16.1 Å². The summed E-state index contributed by atoms with van der Waals surface area (Å²) >= 11 is 1.49. The molecular weight excluding hydrogens is 264 g/mol. The zero-order chi connectivity index (χ0) is 13.8. The zero-order valence-corrected chi connectivity index (χ0v) is 11.7.